The highest BCUT2D eigenvalue weighted by atomic mass is 16.5. The van der Waals surface area contributed by atoms with Gasteiger partial charge in [0.15, 0.2) is 11.5 Å². The van der Waals surface area contributed by atoms with E-state index in [9.17, 15) is 9.59 Å². The molecule has 0 fully saturated rings. The highest BCUT2D eigenvalue weighted by molar-refractivity contribution is 6.32. The van der Waals surface area contributed by atoms with E-state index in [1.807, 2.05) is 6.92 Å². The number of rotatable bonds is 7. The van der Waals surface area contributed by atoms with Gasteiger partial charge in [-0.1, -0.05) is 6.92 Å². The molecule has 7 nitrogen and oxygen atoms in total. The predicted molar refractivity (Wildman–Crippen MR) is 111 cm³/mol. The summed E-state index contributed by atoms with van der Waals surface area (Å²) in [5.41, 5.74) is 3.98. The molecule has 152 valence electrons. The van der Waals surface area contributed by atoms with Crippen molar-refractivity contribution in [1.29, 1.82) is 0 Å². The van der Waals surface area contributed by atoms with Crippen LogP contribution in [0.2, 0.25) is 0 Å². The molecule has 3 rings (SSSR count). The fourth-order valence-electron chi connectivity index (χ4n) is 3.20. The largest absolute Gasteiger partial charge is 0.493 e. The van der Waals surface area contributed by atoms with Crippen LogP contribution in [0.25, 0.3) is 5.57 Å². The molecule has 0 saturated carbocycles. The number of carbonyl (C=O) groups excluding carboxylic acids is 2. The number of methoxy groups -OCH3 is 2. The second kappa shape index (κ2) is 8.68. The third-order valence-electron chi connectivity index (χ3n) is 4.61. The van der Waals surface area contributed by atoms with E-state index in [-0.39, 0.29) is 11.9 Å². The maximum absolute atomic E-state index is 12.7. The van der Waals surface area contributed by atoms with Crippen molar-refractivity contribution >= 4 is 28.8 Å². The van der Waals surface area contributed by atoms with Gasteiger partial charge in [0.2, 0.25) is 0 Å². The molecule has 0 aliphatic carbocycles. The van der Waals surface area contributed by atoms with Crippen LogP contribution in [0.4, 0.5) is 11.4 Å². The van der Waals surface area contributed by atoms with Gasteiger partial charge in [0, 0.05) is 23.0 Å². The maximum atomic E-state index is 12.7. The van der Waals surface area contributed by atoms with Crippen LogP contribution in [0.1, 0.15) is 36.2 Å². The van der Waals surface area contributed by atoms with Crippen molar-refractivity contribution < 1.29 is 23.8 Å². The first-order chi connectivity index (χ1) is 14.0. The highest BCUT2D eigenvalue weighted by Crippen LogP contribution is 2.42. The number of allylic oxidation sites excluding steroid dienone is 1. The van der Waals surface area contributed by atoms with Gasteiger partial charge in [-0.25, -0.2) is 4.79 Å². The van der Waals surface area contributed by atoms with Crippen LogP contribution >= 0.6 is 0 Å². The van der Waals surface area contributed by atoms with Crippen LogP contribution in [0, 0.1) is 0 Å². The minimum absolute atomic E-state index is 0.192. The van der Waals surface area contributed by atoms with Crippen molar-refractivity contribution in [3.63, 3.8) is 0 Å². The second-order valence-corrected chi connectivity index (χ2v) is 6.34. The number of benzene rings is 2. The summed E-state index contributed by atoms with van der Waals surface area (Å²) in [6.07, 6.45) is 0.607. The predicted octanol–water partition coefficient (Wildman–Crippen LogP) is 4.07. The van der Waals surface area contributed by atoms with E-state index < -0.39 is 0 Å². The van der Waals surface area contributed by atoms with Gasteiger partial charge in [0.05, 0.1) is 37.7 Å². The summed E-state index contributed by atoms with van der Waals surface area (Å²) in [7, 11) is 3.11. The van der Waals surface area contributed by atoms with Gasteiger partial charge >= 0.3 is 5.97 Å². The number of ether oxygens (including phenoxy) is 3. The molecule has 7 heteroatoms. The molecular formula is C22H24N2O5. The lowest BCUT2D eigenvalue weighted by Crippen LogP contribution is -2.10. The number of anilines is 2. The first kappa shape index (κ1) is 20.3. The fourth-order valence-corrected chi connectivity index (χ4v) is 3.20. The lowest BCUT2D eigenvalue weighted by atomic mass is 10.0. The molecule has 0 unspecified atom stereocenters. The minimum atomic E-state index is -0.363. The standard InChI is InChI=1S/C22H24N2O5/c1-5-16(23-14-9-7-13(8-10-14)22(26)29-6-2)20-15-11-18(27-3)19(28-4)12-17(15)24-21(20)25/h7-12,23H,5-6H2,1-4H3,(H,24,25)/b20-16-. The summed E-state index contributed by atoms with van der Waals surface area (Å²) >= 11 is 0. The van der Waals surface area contributed by atoms with E-state index >= 15 is 0 Å². The first-order valence-electron chi connectivity index (χ1n) is 9.37. The Labute approximate surface area is 169 Å². The molecule has 1 heterocycles. The van der Waals surface area contributed by atoms with Crippen LogP contribution in [-0.2, 0) is 9.53 Å². The molecule has 0 spiro atoms. The van der Waals surface area contributed by atoms with Crippen molar-refractivity contribution in [2.24, 2.45) is 0 Å². The van der Waals surface area contributed by atoms with Crippen LogP contribution in [0.15, 0.2) is 42.1 Å². The van der Waals surface area contributed by atoms with Gasteiger partial charge in [-0.05, 0) is 43.7 Å². The summed E-state index contributed by atoms with van der Waals surface area (Å²) in [4.78, 5) is 24.5. The summed E-state index contributed by atoms with van der Waals surface area (Å²) in [6, 6.07) is 10.5. The highest BCUT2D eigenvalue weighted by Gasteiger charge is 2.29. The molecule has 1 aliphatic rings. The molecular weight excluding hydrogens is 372 g/mol. The van der Waals surface area contributed by atoms with E-state index in [0.29, 0.717) is 41.4 Å². The molecule has 2 aromatic carbocycles. The number of amides is 1. The summed E-state index contributed by atoms with van der Waals surface area (Å²) in [5, 5.41) is 6.18. The van der Waals surface area contributed by atoms with E-state index in [1.54, 1.807) is 57.5 Å². The summed E-state index contributed by atoms with van der Waals surface area (Å²) < 4.78 is 15.7. The average molecular weight is 396 g/mol. The Bertz CT molecular complexity index is 964. The number of carbonyl (C=O) groups is 2. The third kappa shape index (κ3) is 4.03. The molecule has 0 atom stereocenters. The zero-order valence-electron chi connectivity index (χ0n) is 16.9. The Kier molecular flexibility index (Phi) is 6.07. The number of nitrogens with one attached hydrogen (secondary N) is 2. The Balaban J connectivity index is 1.95. The van der Waals surface area contributed by atoms with E-state index in [4.69, 9.17) is 14.2 Å². The number of hydrogen-bond donors (Lipinski definition) is 2. The molecule has 0 radical (unpaired) electrons. The van der Waals surface area contributed by atoms with Crippen molar-refractivity contribution in [2.75, 3.05) is 31.5 Å². The maximum Gasteiger partial charge on any atom is 0.338 e. The van der Waals surface area contributed by atoms with E-state index in [1.165, 1.54) is 0 Å². The fraction of sp³-hybridized carbons (Fsp3) is 0.273. The van der Waals surface area contributed by atoms with Crippen LogP contribution < -0.4 is 20.1 Å². The summed E-state index contributed by atoms with van der Waals surface area (Å²) in [5.74, 6) is 0.545. The van der Waals surface area contributed by atoms with Gasteiger partial charge in [0.1, 0.15) is 0 Å². The van der Waals surface area contributed by atoms with Crippen LogP contribution in [0.3, 0.4) is 0 Å². The second-order valence-electron chi connectivity index (χ2n) is 6.34. The topological polar surface area (TPSA) is 85.9 Å². The van der Waals surface area contributed by atoms with Gasteiger partial charge in [-0.15, -0.1) is 0 Å². The normalized spacial score (nSPS) is 14.0. The monoisotopic (exact) mass is 396 g/mol. The Morgan fingerprint density at radius 3 is 2.28 bits per heavy atom. The SMILES string of the molecule is CCOC(=O)c1ccc(N/C(CC)=C2\C(=O)Nc3cc(OC)c(OC)cc32)cc1. The Morgan fingerprint density at radius 1 is 1.03 bits per heavy atom. The molecule has 0 bridgehead atoms. The molecule has 29 heavy (non-hydrogen) atoms. The van der Waals surface area contributed by atoms with Crippen molar-refractivity contribution in [2.45, 2.75) is 20.3 Å². The minimum Gasteiger partial charge on any atom is -0.493 e. The lowest BCUT2D eigenvalue weighted by molar-refractivity contribution is -0.110. The van der Waals surface area contributed by atoms with Gasteiger partial charge in [0.25, 0.3) is 5.91 Å². The zero-order chi connectivity index (χ0) is 21.0. The summed E-state index contributed by atoms with van der Waals surface area (Å²) in [6.45, 7) is 4.06. The van der Waals surface area contributed by atoms with Crippen molar-refractivity contribution in [1.82, 2.24) is 0 Å². The number of esters is 1. The first-order valence-corrected chi connectivity index (χ1v) is 9.37. The van der Waals surface area contributed by atoms with Crippen LogP contribution in [-0.4, -0.2) is 32.7 Å². The molecule has 0 aromatic heterocycles. The lowest BCUT2D eigenvalue weighted by Gasteiger charge is -2.14. The third-order valence-corrected chi connectivity index (χ3v) is 4.61. The number of hydrogen-bond acceptors (Lipinski definition) is 6. The number of fused-ring (bicyclic) bond motifs is 1. The van der Waals surface area contributed by atoms with Gasteiger partial charge < -0.3 is 24.8 Å². The quantitative estimate of drug-likeness (QED) is 0.542. The zero-order valence-corrected chi connectivity index (χ0v) is 16.9. The van der Waals surface area contributed by atoms with E-state index in [2.05, 4.69) is 10.6 Å². The molecule has 2 aromatic rings. The van der Waals surface area contributed by atoms with Crippen molar-refractivity contribution in [3.05, 3.63) is 53.2 Å². The van der Waals surface area contributed by atoms with E-state index in [0.717, 1.165) is 16.9 Å². The smallest absolute Gasteiger partial charge is 0.338 e. The molecule has 2 N–H and O–H groups in total. The van der Waals surface area contributed by atoms with Crippen LogP contribution in [0.5, 0.6) is 11.5 Å². The Hall–Kier alpha value is -3.48. The van der Waals surface area contributed by atoms with Gasteiger partial charge in [-0.3, -0.25) is 4.79 Å². The van der Waals surface area contributed by atoms with Crippen molar-refractivity contribution in [3.8, 4) is 11.5 Å². The molecule has 1 aliphatic heterocycles. The molecule has 1 amide bonds. The average Bonchev–Trinajstić information content (AvgIpc) is 3.06. The molecule has 0 saturated heterocycles. The Morgan fingerprint density at radius 2 is 1.69 bits per heavy atom. The van der Waals surface area contributed by atoms with Gasteiger partial charge in [-0.2, -0.15) is 0 Å².